The van der Waals surface area contributed by atoms with Crippen molar-refractivity contribution in [2.75, 3.05) is 6.61 Å². The van der Waals surface area contributed by atoms with Crippen LogP contribution in [0.25, 0.3) is 11.6 Å². The number of nitrogens with zero attached hydrogens (tertiary/aromatic N) is 5. The monoisotopic (exact) mass is 366 g/mol. The molecule has 0 spiro atoms. The summed E-state index contributed by atoms with van der Waals surface area (Å²) in [4.78, 5) is 11.4. The fourth-order valence-corrected chi connectivity index (χ4v) is 3.56. The van der Waals surface area contributed by atoms with E-state index in [1.165, 1.54) is 29.4 Å². The average molecular weight is 366 g/mol. The van der Waals surface area contributed by atoms with Crippen LogP contribution in [0.4, 0.5) is 0 Å². The SMILES string of the molecule is CCOc1nnc(CSc2nnc(-c3ccco3)n2CC(N)=O)s1. The Kier molecular flexibility index (Phi) is 5.11. The van der Waals surface area contributed by atoms with Crippen LogP contribution in [0.3, 0.4) is 0 Å². The van der Waals surface area contributed by atoms with Gasteiger partial charge in [-0.2, -0.15) is 0 Å². The fraction of sp³-hybridized carbons (Fsp3) is 0.308. The molecule has 3 aromatic heterocycles. The second kappa shape index (κ2) is 7.45. The molecule has 3 aromatic rings. The van der Waals surface area contributed by atoms with Crippen molar-refractivity contribution < 1.29 is 13.9 Å². The van der Waals surface area contributed by atoms with Crippen LogP contribution >= 0.6 is 23.1 Å². The predicted octanol–water partition coefficient (Wildman–Crippen LogP) is 1.57. The first-order valence-electron chi connectivity index (χ1n) is 7.00. The molecule has 0 atom stereocenters. The van der Waals surface area contributed by atoms with Gasteiger partial charge in [-0.3, -0.25) is 9.36 Å². The van der Waals surface area contributed by atoms with Gasteiger partial charge < -0.3 is 14.9 Å². The van der Waals surface area contributed by atoms with Gasteiger partial charge >= 0.3 is 0 Å². The summed E-state index contributed by atoms with van der Waals surface area (Å²) < 4.78 is 12.2. The number of carbonyl (C=O) groups is 1. The number of carbonyl (C=O) groups excluding carboxylic acids is 1. The van der Waals surface area contributed by atoms with Gasteiger partial charge in [-0.1, -0.05) is 23.1 Å². The van der Waals surface area contributed by atoms with Gasteiger partial charge in [0, 0.05) is 0 Å². The molecule has 0 aliphatic rings. The Morgan fingerprint density at radius 2 is 2.29 bits per heavy atom. The summed E-state index contributed by atoms with van der Waals surface area (Å²) in [6.07, 6.45) is 1.53. The van der Waals surface area contributed by atoms with Crippen molar-refractivity contribution in [2.24, 2.45) is 5.73 Å². The summed E-state index contributed by atoms with van der Waals surface area (Å²) in [6, 6.07) is 3.48. The summed E-state index contributed by atoms with van der Waals surface area (Å²) in [7, 11) is 0. The van der Waals surface area contributed by atoms with Gasteiger partial charge in [-0.05, 0) is 19.1 Å². The highest BCUT2D eigenvalue weighted by atomic mass is 32.2. The number of furan rings is 1. The lowest BCUT2D eigenvalue weighted by Gasteiger charge is -2.05. The largest absolute Gasteiger partial charge is 0.469 e. The number of ether oxygens (including phenoxy) is 1. The first-order chi connectivity index (χ1) is 11.7. The molecule has 3 heterocycles. The minimum atomic E-state index is -0.487. The molecule has 24 heavy (non-hydrogen) atoms. The topological polar surface area (TPSA) is 122 Å². The van der Waals surface area contributed by atoms with E-state index >= 15 is 0 Å². The van der Waals surface area contributed by atoms with Gasteiger partial charge in [0.05, 0.1) is 18.6 Å². The van der Waals surface area contributed by atoms with Crippen LogP contribution in [0.1, 0.15) is 11.9 Å². The highest BCUT2D eigenvalue weighted by molar-refractivity contribution is 7.98. The van der Waals surface area contributed by atoms with Crippen molar-refractivity contribution in [3.05, 3.63) is 23.4 Å². The lowest BCUT2D eigenvalue weighted by molar-refractivity contribution is -0.118. The van der Waals surface area contributed by atoms with Crippen molar-refractivity contribution in [2.45, 2.75) is 24.4 Å². The van der Waals surface area contributed by atoms with Gasteiger partial charge in [0.1, 0.15) is 11.6 Å². The summed E-state index contributed by atoms with van der Waals surface area (Å²) in [6.45, 7) is 2.39. The Labute approximate surface area is 145 Å². The Bertz CT molecular complexity index is 814. The molecule has 11 heteroatoms. The lowest BCUT2D eigenvalue weighted by Crippen LogP contribution is -2.19. The molecule has 9 nitrogen and oxygen atoms in total. The van der Waals surface area contributed by atoms with E-state index in [4.69, 9.17) is 14.9 Å². The van der Waals surface area contributed by atoms with Crippen molar-refractivity contribution in [3.8, 4) is 16.8 Å². The Morgan fingerprint density at radius 1 is 1.42 bits per heavy atom. The van der Waals surface area contributed by atoms with Gasteiger partial charge in [0.2, 0.25) is 11.7 Å². The van der Waals surface area contributed by atoms with Crippen molar-refractivity contribution >= 4 is 29.0 Å². The summed E-state index contributed by atoms with van der Waals surface area (Å²) in [5.41, 5.74) is 5.33. The van der Waals surface area contributed by atoms with Crippen LogP contribution in [-0.2, 0) is 17.1 Å². The molecule has 126 valence electrons. The number of thioether (sulfide) groups is 1. The number of amides is 1. The third kappa shape index (κ3) is 3.74. The maximum atomic E-state index is 11.4. The first-order valence-corrected chi connectivity index (χ1v) is 8.81. The lowest BCUT2D eigenvalue weighted by atomic mass is 10.4. The molecule has 0 aromatic carbocycles. The van der Waals surface area contributed by atoms with Gasteiger partial charge in [-0.15, -0.1) is 20.4 Å². The number of rotatable bonds is 8. The molecule has 0 fully saturated rings. The molecule has 0 saturated heterocycles. The van der Waals surface area contributed by atoms with Crippen LogP contribution in [0, 0.1) is 0 Å². The van der Waals surface area contributed by atoms with Crippen LogP contribution in [0.15, 0.2) is 28.0 Å². The van der Waals surface area contributed by atoms with Gasteiger partial charge in [-0.25, -0.2) is 0 Å². The number of aromatic nitrogens is 5. The Balaban J connectivity index is 1.78. The molecule has 0 aliphatic carbocycles. The minimum absolute atomic E-state index is 0.0360. The highest BCUT2D eigenvalue weighted by Gasteiger charge is 2.18. The minimum Gasteiger partial charge on any atom is -0.469 e. The third-order valence-corrected chi connectivity index (χ3v) is 4.81. The second-order valence-electron chi connectivity index (χ2n) is 4.52. The fourth-order valence-electron chi connectivity index (χ4n) is 1.89. The van der Waals surface area contributed by atoms with E-state index in [2.05, 4.69) is 20.4 Å². The van der Waals surface area contributed by atoms with E-state index in [1.54, 1.807) is 16.7 Å². The van der Waals surface area contributed by atoms with Crippen molar-refractivity contribution in [1.29, 1.82) is 0 Å². The van der Waals surface area contributed by atoms with E-state index in [0.29, 0.717) is 34.3 Å². The molecule has 0 radical (unpaired) electrons. The smallest absolute Gasteiger partial charge is 0.294 e. The van der Waals surface area contributed by atoms with E-state index in [0.717, 1.165) is 5.01 Å². The Morgan fingerprint density at radius 3 is 3.00 bits per heavy atom. The molecular formula is C13H14N6O3S2. The standard InChI is InChI=1S/C13H14N6O3S2/c1-2-21-13-18-15-10(24-13)7-23-12-17-16-11(8-4-3-5-22-8)19(12)6-9(14)20/h3-5H,2,6-7H2,1H3,(H2,14,20). The van der Waals surface area contributed by atoms with E-state index in [1.807, 2.05) is 6.92 Å². The second-order valence-corrected chi connectivity index (χ2v) is 6.49. The van der Waals surface area contributed by atoms with Gasteiger partial charge in [0.25, 0.3) is 5.19 Å². The van der Waals surface area contributed by atoms with Crippen molar-refractivity contribution in [1.82, 2.24) is 25.0 Å². The van der Waals surface area contributed by atoms with Crippen molar-refractivity contribution in [3.63, 3.8) is 0 Å². The maximum absolute atomic E-state index is 11.4. The molecule has 1 amide bonds. The first kappa shape index (κ1) is 16.5. The van der Waals surface area contributed by atoms with Crippen LogP contribution in [0.5, 0.6) is 5.19 Å². The number of hydrogen-bond donors (Lipinski definition) is 1. The number of primary amides is 1. The van der Waals surface area contributed by atoms with Crippen LogP contribution in [0.2, 0.25) is 0 Å². The molecule has 3 rings (SSSR count). The molecule has 0 aliphatic heterocycles. The summed E-state index contributed by atoms with van der Waals surface area (Å²) in [5.74, 6) is 1.01. The van der Waals surface area contributed by atoms with E-state index < -0.39 is 5.91 Å². The number of hydrogen-bond acceptors (Lipinski definition) is 9. The summed E-state index contributed by atoms with van der Waals surface area (Å²) >= 11 is 2.75. The zero-order valence-corrected chi connectivity index (χ0v) is 14.3. The Hall–Kier alpha value is -2.40. The molecule has 2 N–H and O–H groups in total. The predicted molar refractivity (Wildman–Crippen MR) is 87.6 cm³/mol. The van der Waals surface area contributed by atoms with Gasteiger partial charge in [0.15, 0.2) is 10.9 Å². The van der Waals surface area contributed by atoms with Crippen LogP contribution < -0.4 is 10.5 Å². The van der Waals surface area contributed by atoms with E-state index in [9.17, 15) is 4.79 Å². The number of nitrogens with two attached hydrogens (primary N) is 1. The molecule has 0 unspecified atom stereocenters. The molecular weight excluding hydrogens is 352 g/mol. The maximum Gasteiger partial charge on any atom is 0.294 e. The summed E-state index contributed by atoms with van der Waals surface area (Å²) in [5, 5.41) is 18.1. The normalized spacial score (nSPS) is 10.9. The molecule has 0 saturated carbocycles. The molecule has 0 bridgehead atoms. The van der Waals surface area contributed by atoms with E-state index in [-0.39, 0.29) is 6.54 Å². The average Bonchev–Trinajstić information content (AvgIpc) is 3.26. The highest BCUT2D eigenvalue weighted by Crippen LogP contribution is 2.28. The van der Waals surface area contributed by atoms with Crippen LogP contribution in [-0.4, -0.2) is 37.5 Å². The third-order valence-electron chi connectivity index (χ3n) is 2.81. The quantitative estimate of drug-likeness (QED) is 0.596. The zero-order valence-electron chi connectivity index (χ0n) is 12.7. The zero-order chi connectivity index (χ0) is 16.9.